The van der Waals surface area contributed by atoms with Crippen molar-refractivity contribution in [2.75, 3.05) is 13.6 Å². The highest BCUT2D eigenvalue weighted by molar-refractivity contribution is 5.84. The standard InChI is InChI=1S/C21H22FN5/c1-23-21(26-13-17-10-14-4-2-3-5-19(14)27-17)24-9-8-15-12-25-20-7-6-16(22)11-18(15)20/h2-7,10-12,25,27H,8-9,13H2,1H3,(H2,23,24,26). The van der Waals surface area contributed by atoms with Crippen LogP contribution < -0.4 is 10.6 Å². The number of halogens is 1. The van der Waals surface area contributed by atoms with Crippen LogP contribution in [0.25, 0.3) is 21.8 Å². The fraction of sp³-hybridized carbons (Fsp3) is 0.190. The van der Waals surface area contributed by atoms with Crippen molar-refractivity contribution in [1.29, 1.82) is 0 Å². The Balaban J connectivity index is 1.33. The molecule has 0 spiro atoms. The van der Waals surface area contributed by atoms with Crippen molar-refractivity contribution in [3.05, 3.63) is 71.8 Å². The molecule has 0 saturated carbocycles. The number of hydrogen-bond donors (Lipinski definition) is 4. The van der Waals surface area contributed by atoms with Crippen molar-refractivity contribution < 1.29 is 4.39 Å². The predicted molar refractivity (Wildman–Crippen MR) is 108 cm³/mol. The third-order valence-electron chi connectivity index (χ3n) is 4.67. The Morgan fingerprint density at radius 1 is 1.07 bits per heavy atom. The van der Waals surface area contributed by atoms with E-state index < -0.39 is 0 Å². The summed E-state index contributed by atoms with van der Waals surface area (Å²) >= 11 is 0. The van der Waals surface area contributed by atoms with Gasteiger partial charge in [-0.3, -0.25) is 4.99 Å². The molecule has 4 N–H and O–H groups in total. The van der Waals surface area contributed by atoms with Crippen LogP contribution in [0.3, 0.4) is 0 Å². The highest BCUT2D eigenvalue weighted by atomic mass is 19.1. The Morgan fingerprint density at radius 2 is 1.96 bits per heavy atom. The first-order valence-corrected chi connectivity index (χ1v) is 8.99. The minimum Gasteiger partial charge on any atom is -0.361 e. The maximum atomic E-state index is 13.5. The lowest BCUT2D eigenvalue weighted by molar-refractivity contribution is 0.629. The minimum absolute atomic E-state index is 0.216. The maximum Gasteiger partial charge on any atom is 0.191 e. The van der Waals surface area contributed by atoms with Crippen LogP contribution in [-0.4, -0.2) is 29.5 Å². The monoisotopic (exact) mass is 363 g/mol. The van der Waals surface area contributed by atoms with E-state index in [1.807, 2.05) is 18.3 Å². The maximum absolute atomic E-state index is 13.5. The van der Waals surface area contributed by atoms with Crippen LogP contribution in [0.5, 0.6) is 0 Å². The van der Waals surface area contributed by atoms with Gasteiger partial charge in [0.05, 0.1) is 6.54 Å². The highest BCUT2D eigenvalue weighted by Crippen LogP contribution is 2.19. The van der Waals surface area contributed by atoms with Gasteiger partial charge in [0, 0.05) is 41.9 Å². The van der Waals surface area contributed by atoms with Gasteiger partial charge in [0.2, 0.25) is 0 Å². The number of fused-ring (bicyclic) bond motifs is 2. The van der Waals surface area contributed by atoms with Crippen molar-refractivity contribution in [2.45, 2.75) is 13.0 Å². The number of para-hydroxylation sites is 1. The average Bonchev–Trinajstić information content (AvgIpc) is 3.28. The van der Waals surface area contributed by atoms with Gasteiger partial charge in [0.25, 0.3) is 0 Å². The second-order valence-electron chi connectivity index (χ2n) is 6.49. The van der Waals surface area contributed by atoms with Crippen LogP contribution in [0, 0.1) is 5.82 Å². The van der Waals surface area contributed by atoms with Crippen LogP contribution in [0.15, 0.2) is 59.7 Å². The molecule has 6 heteroatoms. The van der Waals surface area contributed by atoms with Gasteiger partial charge in [0.15, 0.2) is 5.96 Å². The molecule has 0 unspecified atom stereocenters. The molecule has 0 amide bonds. The van der Waals surface area contributed by atoms with E-state index >= 15 is 0 Å². The Labute approximate surface area is 156 Å². The summed E-state index contributed by atoms with van der Waals surface area (Å²) in [4.78, 5) is 10.8. The number of nitrogens with one attached hydrogen (secondary N) is 4. The normalized spacial score (nSPS) is 12.0. The van der Waals surface area contributed by atoms with Gasteiger partial charge in [0.1, 0.15) is 5.82 Å². The Kier molecular flexibility index (Phi) is 4.78. The number of aromatic nitrogens is 2. The third kappa shape index (κ3) is 3.79. The van der Waals surface area contributed by atoms with Crippen molar-refractivity contribution in [3.8, 4) is 0 Å². The van der Waals surface area contributed by atoms with Crippen molar-refractivity contribution in [1.82, 2.24) is 20.6 Å². The molecule has 138 valence electrons. The van der Waals surface area contributed by atoms with E-state index in [4.69, 9.17) is 0 Å². The number of aromatic amines is 2. The SMILES string of the molecule is CN=C(NCCc1c[nH]c2ccc(F)cc12)NCc1cc2ccccc2[nH]1. The molecule has 4 aromatic rings. The molecule has 0 bridgehead atoms. The summed E-state index contributed by atoms with van der Waals surface area (Å²) in [5.41, 5.74) is 4.27. The molecule has 0 aliphatic carbocycles. The molecule has 0 radical (unpaired) electrons. The lowest BCUT2D eigenvalue weighted by Crippen LogP contribution is -2.37. The predicted octanol–water partition coefficient (Wildman–Crippen LogP) is 3.70. The zero-order valence-corrected chi connectivity index (χ0v) is 15.1. The summed E-state index contributed by atoms with van der Waals surface area (Å²) < 4.78 is 13.5. The lowest BCUT2D eigenvalue weighted by Gasteiger charge is -2.11. The van der Waals surface area contributed by atoms with Gasteiger partial charge < -0.3 is 20.6 Å². The summed E-state index contributed by atoms with van der Waals surface area (Å²) in [5, 5.41) is 8.75. The molecule has 2 aromatic carbocycles. The van der Waals surface area contributed by atoms with Crippen LogP contribution >= 0.6 is 0 Å². The van der Waals surface area contributed by atoms with E-state index in [-0.39, 0.29) is 5.82 Å². The number of hydrogen-bond acceptors (Lipinski definition) is 1. The van der Waals surface area contributed by atoms with E-state index in [0.29, 0.717) is 13.1 Å². The van der Waals surface area contributed by atoms with E-state index in [1.54, 1.807) is 19.2 Å². The Hall–Kier alpha value is -3.28. The number of rotatable bonds is 5. The number of guanidine groups is 1. The molecule has 0 fully saturated rings. The van der Waals surface area contributed by atoms with E-state index in [1.165, 1.54) is 11.5 Å². The van der Waals surface area contributed by atoms with E-state index in [2.05, 4.69) is 43.8 Å². The number of aliphatic imine (C=N–C) groups is 1. The topological polar surface area (TPSA) is 68.0 Å². The van der Waals surface area contributed by atoms with Crippen LogP contribution in [0.2, 0.25) is 0 Å². The zero-order valence-electron chi connectivity index (χ0n) is 15.1. The first-order chi connectivity index (χ1) is 13.2. The zero-order chi connectivity index (χ0) is 18.6. The molecule has 0 aliphatic heterocycles. The number of benzene rings is 2. The molecule has 0 saturated heterocycles. The van der Waals surface area contributed by atoms with E-state index in [0.717, 1.165) is 40.1 Å². The quantitative estimate of drug-likeness (QED) is 0.323. The van der Waals surface area contributed by atoms with Crippen molar-refractivity contribution >= 4 is 27.8 Å². The summed E-state index contributed by atoms with van der Waals surface area (Å²) in [6, 6.07) is 15.2. The van der Waals surface area contributed by atoms with Gasteiger partial charge >= 0.3 is 0 Å². The molecule has 2 heterocycles. The number of H-pyrrole nitrogens is 2. The fourth-order valence-electron chi connectivity index (χ4n) is 3.30. The Morgan fingerprint density at radius 3 is 2.81 bits per heavy atom. The lowest BCUT2D eigenvalue weighted by atomic mass is 10.1. The second-order valence-corrected chi connectivity index (χ2v) is 6.49. The van der Waals surface area contributed by atoms with Crippen molar-refractivity contribution in [3.63, 3.8) is 0 Å². The first-order valence-electron chi connectivity index (χ1n) is 8.99. The third-order valence-corrected chi connectivity index (χ3v) is 4.67. The second kappa shape index (κ2) is 7.53. The molecular weight excluding hydrogens is 341 g/mol. The van der Waals surface area contributed by atoms with Crippen LogP contribution in [-0.2, 0) is 13.0 Å². The molecule has 0 aliphatic rings. The van der Waals surface area contributed by atoms with E-state index in [9.17, 15) is 4.39 Å². The average molecular weight is 363 g/mol. The van der Waals surface area contributed by atoms with Gasteiger partial charge in [-0.15, -0.1) is 0 Å². The largest absolute Gasteiger partial charge is 0.361 e. The number of nitrogens with zero attached hydrogens (tertiary/aromatic N) is 1. The van der Waals surface area contributed by atoms with Gasteiger partial charge in [-0.25, -0.2) is 4.39 Å². The summed E-state index contributed by atoms with van der Waals surface area (Å²) in [6.07, 6.45) is 2.71. The van der Waals surface area contributed by atoms with Gasteiger partial charge in [-0.05, 0) is 47.7 Å². The molecule has 0 atom stereocenters. The highest BCUT2D eigenvalue weighted by Gasteiger charge is 2.06. The van der Waals surface area contributed by atoms with Gasteiger partial charge in [-0.1, -0.05) is 18.2 Å². The summed E-state index contributed by atoms with van der Waals surface area (Å²) in [7, 11) is 1.75. The Bertz CT molecular complexity index is 1060. The van der Waals surface area contributed by atoms with Crippen LogP contribution in [0.4, 0.5) is 4.39 Å². The van der Waals surface area contributed by atoms with Crippen LogP contribution in [0.1, 0.15) is 11.3 Å². The fourth-order valence-corrected chi connectivity index (χ4v) is 3.30. The molecule has 5 nitrogen and oxygen atoms in total. The molecule has 4 rings (SSSR count). The minimum atomic E-state index is -0.216. The first kappa shape index (κ1) is 17.1. The van der Waals surface area contributed by atoms with Gasteiger partial charge in [-0.2, -0.15) is 0 Å². The molecule has 2 aromatic heterocycles. The smallest absolute Gasteiger partial charge is 0.191 e. The molecule has 27 heavy (non-hydrogen) atoms. The molecular formula is C21H22FN5. The summed E-state index contributed by atoms with van der Waals surface area (Å²) in [6.45, 7) is 1.36. The summed E-state index contributed by atoms with van der Waals surface area (Å²) in [5.74, 6) is 0.520. The van der Waals surface area contributed by atoms with Crippen molar-refractivity contribution in [2.24, 2.45) is 4.99 Å².